The lowest BCUT2D eigenvalue weighted by Crippen LogP contribution is -2.30. The van der Waals surface area contributed by atoms with Gasteiger partial charge in [-0.1, -0.05) is 12.5 Å². The number of aromatic hydroxyl groups is 1. The molecule has 110 valence electrons. The van der Waals surface area contributed by atoms with Crippen LogP contribution in [0.4, 0.5) is 4.39 Å². The second-order valence-corrected chi connectivity index (χ2v) is 5.47. The Hall–Kier alpha value is -1.62. The number of carbonyl (C=O) groups is 1. The maximum absolute atomic E-state index is 12.9. The molecule has 0 radical (unpaired) electrons. The minimum absolute atomic E-state index is 0.0776. The Morgan fingerprint density at radius 3 is 2.90 bits per heavy atom. The van der Waals surface area contributed by atoms with E-state index in [1.807, 2.05) is 6.92 Å². The van der Waals surface area contributed by atoms with Crippen LogP contribution in [0.1, 0.15) is 37.8 Å². The number of phenols is 1. The van der Waals surface area contributed by atoms with E-state index < -0.39 is 11.8 Å². The van der Waals surface area contributed by atoms with Crippen LogP contribution in [0, 0.1) is 17.7 Å². The first-order chi connectivity index (χ1) is 9.49. The molecule has 0 heterocycles. The van der Waals surface area contributed by atoms with Gasteiger partial charge >= 0.3 is 5.97 Å². The zero-order chi connectivity index (χ0) is 14.7. The molecule has 0 bridgehead atoms. The van der Waals surface area contributed by atoms with Crippen molar-refractivity contribution >= 4 is 5.97 Å². The van der Waals surface area contributed by atoms with Gasteiger partial charge < -0.3 is 15.5 Å². The Bertz CT molecular complexity index is 492. The molecule has 1 aromatic rings. The van der Waals surface area contributed by atoms with Gasteiger partial charge in [0, 0.05) is 17.7 Å². The predicted octanol–water partition coefficient (Wildman–Crippen LogP) is 2.68. The fraction of sp³-hybridized carbons (Fsp3) is 0.533. The Labute approximate surface area is 117 Å². The summed E-state index contributed by atoms with van der Waals surface area (Å²) in [5, 5.41) is 22.1. The van der Waals surface area contributed by atoms with E-state index in [0.717, 1.165) is 25.3 Å². The SMILES string of the molecule is CC(NCC1CCCC1C(=O)O)c1ccc(F)cc1O. The Morgan fingerprint density at radius 1 is 1.50 bits per heavy atom. The van der Waals surface area contributed by atoms with E-state index in [4.69, 9.17) is 5.11 Å². The molecule has 2 rings (SSSR count). The number of hydrogen-bond donors (Lipinski definition) is 3. The van der Waals surface area contributed by atoms with Crippen LogP contribution in [0.25, 0.3) is 0 Å². The molecule has 0 amide bonds. The van der Waals surface area contributed by atoms with Gasteiger partial charge in [-0.15, -0.1) is 0 Å². The first kappa shape index (κ1) is 14.8. The topological polar surface area (TPSA) is 69.6 Å². The Kier molecular flexibility index (Phi) is 4.60. The highest BCUT2D eigenvalue weighted by Crippen LogP contribution is 2.32. The molecule has 0 spiro atoms. The molecule has 5 heteroatoms. The summed E-state index contributed by atoms with van der Waals surface area (Å²) in [7, 11) is 0. The summed E-state index contributed by atoms with van der Waals surface area (Å²) in [6, 6.07) is 3.79. The lowest BCUT2D eigenvalue weighted by atomic mass is 9.95. The molecule has 0 saturated heterocycles. The molecule has 3 atom stereocenters. The smallest absolute Gasteiger partial charge is 0.306 e. The average Bonchev–Trinajstić information content (AvgIpc) is 2.84. The predicted molar refractivity (Wildman–Crippen MR) is 72.9 cm³/mol. The number of nitrogens with one attached hydrogen (secondary N) is 1. The minimum atomic E-state index is -0.730. The molecule has 1 aliphatic rings. The van der Waals surface area contributed by atoms with Gasteiger partial charge in [0.2, 0.25) is 0 Å². The number of hydrogen-bond acceptors (Lipinski definition) is 3. The third kappa shape index (κ3) is 3.28. The van der Waals surface area contributed by atoms with Crippen molar-refractivity contribution in [2.75, 3.05) is 6.54 Å². The number of halogens is 1. The second kappa shape index (κ2) is 6.22. The molecule has 3 N–H and O–H groups in total. The average molecular weight is 281 g/mol. The third-order valence-electron chi connectivity index (χ3n) is 4.12. The largest absolute Gasteiger partial charge is 0.508 e. The number of benzene rings is 1. The van der Waals surface area contributed by atoms with E-state index in [1.165, 1.54) is 6.07 Å². The molecular formula is C15H20FNO3. The van der Waals surface area contributed by atoms with E-state index in [-0.39, 0.29) is 23.6 Å². The maximum atomic E-state index is 12.9. The molecule has 1 aromatic carbocycles. The van der Waals surface area contributed by atoms with Gasteiger partial charge in [0.1, 0.15) is 11.6 Å². The van der Waals surface area contributed by atoms with E-state index in [2.05, 4.69) is 5.32 Å². The minimum Gasteiger partial charge on any atom is -0.508 e. The molecular weight excluding hydrogens is 261 g/mol. The number of rotatable bonds is 5. The molecule has 4 nitrogen and oxygen atoms in total. The van der Waals surface area contributed by atoms with Crippen LogP contribution in [0.2, 0.25) is 0 Å². The zero-order valence-corrected chi connectivity index (χ0v) is 11.5. The van der Waals surface area contributed by atoms with Crippen molar-refractivity contribution in [3.05, 3.63) is 29.6 Å². The summed E-state index contributed by atoms with van der Waals surface area (Å²) < 4.78 is 12.9. The standard InChI is InChI=1S/C15H20FNO3/c1-9(12-6-5-11(16)7-14(12)18)17-8-10-3-2-4-13(10)15(19)20/h5-7,9-10,13,17-18H,2-4,8H2,1H3,(H,19,20). The Morgan fingerprint density at radius 2 is 2.25 bits per heavy atom. The summed E-state index contributed by atoms with van der Waals surface area (Å²) in [5.41, 5.74) is 0.622. The number of phenolic OH excluding ortho intramolecular Hbond substituents is 1. The third-order valence-corrected chi connectivity index (χ3v) is 4.12. The van der Waals surface area contributed by atoms with Gasteiger partial charge in [-0.25, -0.2) is 4.39 Å². The van der Waals surface area contributed by atoms with Crippen LogP contribution < -0.4 is 5.32 Å². The summed E-state index contributed by atoms with van der Waals surface area (Å²) in [5.74, 6) is -1.44. The molecule has 1 fully saturated rings. The molecule has 1 saturated carbocycles. The van der Waals surface area contributed by atoms with Crippen molar-refractivity contribution in [2.24, 2.45) is 11.8 Å². The van der Waals surface area contributed by atoms with Crippen molar-refractivity contribution in [1.29, 1.82) is 0 Å². The molecule has 3 unspecified atom stereocenters. The summed E-state index contributed by atoms with van der Waals surface area (Å²) in [6.07, 6.45) is 2.59. The number of carboxylic acid groups (broad SMARTS) is 1. The normalized spacial score (nSPS) is 23.7. The van der Waals surface area contributed by atoms with Gasteiger partial charge in [0.15, 0.2) is 0 Å². The van der Waals surface area contributed by atoms with Crippen molar-refractivity contribution in [3.63, 3.8) is 0 Å². The lowest BCUT2D eigenvalue weighted by molar-refractivity contribution is -0.142. The summed E-state index contributed by atoms with van der Waals surface area (Å²) in [6.45, 7) is 2.46. The van der Waals surface area contributed by atoms with Gasteiger partial charge in [-0.3, -0.25) is 4.79 Å². The highest BCUT2D eigenvalue weighted by atomic mass is 19.1. The fourth-order valence-electron chi connectivity index (χ4n) is 2.93. The van der Waals surface area contributed by atoms with Crippen molar-refractivity contribution in [1.82, 2.24) is 5.32 Å². The van der Waals surface area contributed by atoms with E-state index in [9.17, 15) is 14.3 Å². The van der Waals surface area contributed by atoms with Crippen LogP contribution in [0.15, 0.2) is 18.2 Å². The first-order valence-corrected chi connectivity index (χ1v) is 6.93. The summed E-state index contributed by atoms with van der Waals surface area (Å²) >= 11 is 0. The van der Waals surface area contributed by atoms with E-state index in [0.29, 0.717) is 12.1 Å². The lowest BCUT2D eigenvalue weighted by Gasteiger charge is -2.21. The molecule has 20 heavy (non-hydrogen) atoms. The van der Waals surface area contributed by atoms with Crippen LogP contribution in [-0.2, 0) is 4.79 Å². The van der Waals surface area contributed by atoms with Crippen LogP contribution >= 0.6 is 0 Å². The number of carboxylic acids is 1. The highest BCUT2D eigenvalue weighted by Gasteiger charge is 2.32. The van der Waals surface area contributed by atoms with Crippen LogP contribution in [0.3, 0.4) is 0 Å². The maximum Gasteiger partial charge on any atom is 0.306 e. The number of aliphatic carboxylic acids is 1. The van der Waals surface area contributed by atoms with Crippen molar-refractivity contribution < 1.29 is 19.4 Å². The van der Waals surface area contributed by atoms with Crippen molar-refractivity contribution in [2.45, 2.75) is 32.2 Å². The van der Waals surface area contributed by atoms with E-state index >= 15 is 0 Å². The van der Waals surface area contributed by atoms with Crippen molar-refractivity contribution in [3.8, 4) is 5.75 Å². The van der Waals surface area contributed by atoms with E-state index in [1.54, 1.807) is 6.07 Å². The summed E-state index contributed by atoms with van der Waals surface area (Å²) in [4.78, 5) is 11.1. The van der Waals surface area contributed by atoms with Crippen LogP contribution in [-0.4, -0.2) is 22.7 Å². The second-order valence-electron chi connectivity index (χ2n) is 5.47. The first-order valence-electron chi connectivity index (χ1n) is 6.93. The van der Waals surface area contributed by atoms with Gasteiger partial charge in [0.25, 0.3) is 0 Å². The van der Waals surface area contributed by atoms with Gasteiger partial charge in [-0.2, -0.15) is 0 Å². The molecule has 0 aliphatic heterocycles. The fourth-order valence-corrected chi connectivity index (χ4v) is 2.93. The monoisotopic (exact) mass is 281 g/mol. The zero-order valence-electron chi connectivity index (χ0n) is 11.5. The highest BCUT2D eigenvalue weighted by molar-refractivity contribution is 5.70. The molecule has 1 aliphatic carbocycles. The molecule has 0 aromatic heterocycles. The quantitative estimate of drug-likeness (QED) is 0.776. The Balaban J connectivity index is 1.95. The van der Waals surface area contributed by atoms with Crippen LogP contribution in [0.5, 0.6) is 5.75 Å². The van der Waals surface area contributed by atoms with Gasteiger partial charge in [0.05, 0.1) is 5.92 Å². The van der Waals surface area contributed by atoms with Gasteiger partial charge in [-0.05, 0) is 38.3 Å².